The molecule has 3 aliphatic rings. The maximum absolute atomic E-state index is 12.5. The van der Waals surface area contributed by atoms with Gasteiger partial charge in [-0.1, -0.05) is 22.9 Å². The number of carbonyl (C=O) groups excluding carboxylic acids is 2. The predicted molar refractivity (Wildman–Crippen MR) is 121 cm³/mol. The average Bonchev–Trinajstić information content (AvgIpc) is 3.41. The number of aryl methyl sites for hydroxylation is 1. The van der Waals surface area contributed by atoms with Crippen molar-refractivity contribution in [3.63, 3.8) is 0 Å². The molecule has 1 aromatic carbocycles. The Kier molecular flexibility index (Phi) is 5.92. The third-order valence-electron chi connectivity index (χ3n) is 7.34. The summed E-state index contributed by atoms with van der Waals surface area (Å²) in [5.74, 6) is 0.0578. The van der Waals surface area contributed by atoms with Gasteiger partial charge in [0.1, 0.15) is 11.3 Å². The molecule has 0 radical (unpaired) electrons. The van der Waals surface area contributed by atoms with Gasteiger partial charge in [0.2, 0.25) is 5.91 Å². The molecule has 1 atom stereocenters. The molecular weight excluding hydrogens is 420 g/mol. The Morgan fingerprint density at radius 3 is 2.79 bits per heavy atom. The molecule has 0 aliphatic carbocycles. The summed E-state index contributed by atoms with van der Waals surface area (Å²) in [6, 6.07) is 8.05. The lowest BCUT2D eigenvalue weighted by Crippen LogP contribution is -2.49. The summed E-state index contributed by atoms with van der Waals surface area (Å²) in [7, 11) is 0. The second-order valence-corrected chi connectivity index (χ2v) is 9.62. The van der Waals surface area contributed by atoms with E-state index in [1.165, 1.54) is 0 Å². The molecule has 5 rings (SSSR count). The minimum atomic E-state index is -0.236. The van der Waals surface area contributed by atoms with E-state index in [1.807, 2.05) is 40.8 Å². The minimum absolute atomic E-state index is 0.115. The van der Waals surface area contributed by atoms with Crippen LogP contribution in [0, 0.1) is 6.92 Å². The van der Waals surface area contributed by atoms with Gasteiger partial charge in [0.15, 0.2) is 0 Å². The number of rotatable bonds is 4. The molecule has 9 nitrogen and oxygen atoms in total. The van der Waals surface area contributed by atoms with Crippen LogP contribution in [0.1, 0.15) is 53.5 Å². The largest absolute Gasteiger partial charge is 0.365 e. The van der Waals surface area contributed by atoms with Crippen molar-refractivity contribution in [2.24, 2.45) is 0 Å². The third-order valence-corrected chi connectivity index (χ3v) is 7.34. The van der Waals surface area contributed by atoms with Crippen LogP contribution < -0.4 is 5.32 Å². The van der Waals surface area contributed by atoms with Gasteiger partial charge in [0.05, 0.1) is 25.4 Å². The number of aromatic nitrogens is 3. The molecular formula is C24H32N6O3. The average molecular weight is 453 g/mol. The highest BCUT2D eigenvalue weighted by Gasteiger charge is 2.45. The van der Waals surface area contributed by atoms with Crippen molar-refractivity contribution in [3.8, 4) is 0 Å². The van der Waals surface area contributed by atoms with Gasteiger partial charge in [-0.05, 0) is 38.3 Å². The Morgan fingerprint density at radius 2 is 2.03 bits per heavy atom. The van der Waals surface area contributed by atoms with Crippen LogP contribution in [0.5, 0.6) is 0 Å². The Morgan fingerprint density at radius 1 is 1.21 bits per heavy atom. The number of hydrogen-bond acceptors (Lipinski definition) is 6. The number of nitrogens with zero attached hydrogens (tertiary/aromatic N) is 5. The molecule has 2 saturated heterocycles. The monoisotopic (exact) mass is 452 g/mol. The molecule has 0 bridgehead atoms. The van der Waals surface area contributed by atoms with Gasteiger partial charge >= 0.3 is 0 Å². The molecule has 0 saturated carbocycles. The van der Waals surface area contributed by atoms with Crippen LogP contribution in [0.15, 0.2) is 24.3 Å². The molecule has 176 valence electrons. The standard InChI is InChI=1S/C24H32N6O3/c1-17-4-3-5-19(12-17)23(32)25-13-21-22-14-33-24(16-30(22)27-26-21)8-11-29(15-24)20-6-9-28(10-7-20)18(2)31/h3-5,12,20H,6-11,13-16H2,1-2H3,(H,25,32). The minimum Gasteiger partial charge on any atom is -0.365 e. The first-order chi connectivity index (χ1) is 15.9. The summed E-state index contributed by atoms with van der Waals surface area (Å²) < 4.78 is 8.38. The van der Waals surface area contributed by atoms with Crippen molar-refractivity contribution in [2.45, 2.75) is 64.4 Å². The summed E-state index contributed by atoms with van der Waals surface area (Å²) in [5, 5.41) is 11.7. The van der Waals surface area contributed by atoms with E-state index in [-0.39, 0.29) is 17.4 Å². The zero-order valence-electron chi connectivity index (χ0n) is 19.4. The first-order valence-electron chi connectivity index (χ1n) is 11.8. The van der Waals surface area contributed by atoms with Crippen molar-refractivity contribution >= 4 is 11.8 Å². The van der Waals surface area contributed by atoms with Crippen molar-refractivity contribution in [2.75, 3.05) is 26.2 Å². The molecule has 33 heavy (non-hydrogen) atoms. The van der Waals surface area contributed by atoms with Gasteiger partial charge in [-0.25, -0.2) is 4.68 Å². The number of piperidine rings is 1. The maximum atomic E-state index is 12.5. The van der Waals surface area contributed by atoms with E-state index in [1.54, 1.807) is 6.92 Å². The predicted octanol–water partition coefficient (Wildman–Crippen LogP) is 1.50. The van der Waals surface area contributed by atoms with Crippen LogP contribution in [-0.4, -0.2) is 74.4 Å². The second-order valence-electron chi connectivity index (χ2n) is 9.62. The molecule has 9 heteroatoms. The number of fused-ring (bicyclic) bond motifs is 1. The summed E-state index contributed by atoms with van der Waals surface area (Å²) in [6.45, 7) is 8.68. The molecule has 3 aliphatic heterocycles. The molecule has 1 spiro atoms. The molecule has 4 heterocycles. The number of ether oxygens (including phenoxy) is 1. The number of carbonyl (C=O) groups is 2. The summed E-state index contributed by atoms with van der Waals surface area (Å²) in [5.41, 5.74) is 3.17. The highest BCUT2D eigenvalue weighted by atomic mass is 16.5. The van der Waals surface area contributed by atoms with Crippen LogP contribution in [0.4, 0.5) is 0 Å². The first kappa shape index (κ1) is 22.0. The highest BCUT2D eigenvalue weighted by Crippen LogP contribution is 2.35. The third kappa shape index (κ3) is 4.52. The number of hydrogen-bond donors (Lipinski definition) is 1. The Balaban J connectivity index is 1.18. The fourth-order valence-electron chi connectivity index (χ4n) is 5.36. The zero-order chi connectivity index (χ0) is 23.0. The fourth-order valence-corrected chi connectivity index (χ4v) is 5.36. The van der Waals surface area contributed by atoms with Gasteiger partial charge in [-0.15, -0.1) is 5.10 Å². The van der Waals surface area contributed by atoms with Crippen LogP contribution in [0.3, 0.4) is 0 Å². The van der Waals surface area contributed by atoms with Crippen LogP contribution in [-0.2, 0) is 29.2 Å². The second kappa shape index (κ2) is 8.87. The number of amides is 2. The van der Waals surface area contributed by atoms with E-state index in [0.717, 1.165) is 62.4 Å². The van der Waals surface area contributed by atoms with Crippen molar-refractivity contribution in [1.82, 2.24) is 30.1 Å². The summed E-state index contributed by atoms with van der Waals surface area (Å²) in [6.07, 6.45) is 3.02. The van der Waals surface area contributed by atoms with Crippen LogP contribution >= 0.6 is 0 Å². The number of likely N-dealkylation sites (tertiary alicyclic amines) is 2. The van der Waals surface area contributed by atoms with Gasteiger partial charge in [-0.2, -0.15) is 0 Å². The van der Waals surface area contributed by atoms with Gasteiger partial charge in [0, 0.05) is 44.7 Å². The lowest BCUT2D eigenvalue weighted by molar-refractivity contribution is -0.130. The van der Waals surface area contributed by atoms with Gasteiger partial charge in [-0.3, -0.25) is 14.5 Å². The lowest BCUT2D eigenvalue weighted by Gasteiger charge is -2.38. The molecule has 1 N–H and O–H groups in total. The molecule has 2 amide bonds. The highest BCUT2D eigenvalue weighted by molar-refractivity contribution is 5.94. The smallest absolute Gasteiger partial charge is 0.251 e. The number of nitrogens with one attached hydrogen (secondary N) is 1. The van der Waals surface area contributed by atoms with Gasteiger partial charge in [0.25, 0.3) is 5.91 Å². The molecule has 1 aromatic heterocycles. The Hall–Kier alpha value is -2.78. The van der Waals surface area contributed by atoms with Crippen molar-refractivity contribution in [3.05, 3.63) is 46.8 Å². The summed E-state index contributed by atoms with van der Waals surface area (Å²) >= 11 is 0. The molecule has 1 unspecified atom stereocenters. The van der Waals surface area contributed by atoms with E-state index in [4.69, 9.17) is 4.74 Å². The van der Waals surface area contributed by atoms with E-state index in [0.29, 0.717) is 31.3 Å². The van der Waals surface area contributed by atoms with Crippen molar-refractivity contribution < 1.29 is 14.3 Å². The van der Waals surface area contributed by atoms with E-state index in [9.17, 15) is 9.59 Å². The summed E-state index contributed by atoms with van der Waals surface area (Å²) in [4.78, 5) is 28.6. The molecule has 2 fully saturated rings. The van der Waals surface area contributed by atoms with E-state index < -0.39 is 0 Å². The normalized spacial score (nSPS) is 23.6. The van der Waals surface area contributed by atoms with Crippen LogP contribution in [0.2, 0.25) is 0 Å². The topological polar surface area (TPSA) is 92.6 Å². The Labute approximate surface area is 194 Å². The van der Waals surface area contributed by atoms with Crippen molar-refractivity contribution in [1.29, 1.82) is 0 Å². The van der Waals surface area contributed by atoms with Gasteiger partial charge < -0.3 is 15.0 Å². The number of benzene rings is 1. The first-order valence-corrected chi connectivity index (χ1v) is 11.8. The van der Waals surface area contributed by atoms with E-state index in [2.05, 4.69) is 20.5 Å². The SMILES string of the molecule is CC(=O)N1CCC(N2CCC3(C2)Cn2nnc(CNC(=O)c4cccc(C)c4)c2CO3)CC1. The lowest BCUT2D eigenvalue weighted by atomic mass is 10.0. The quantitative estimate of drug-likeness (QED) is 0.756. The fraction of sp³-hybridized carbons (Fsp3) is 0.583. The van der Waals surface area contributed by atoms with Crippen LogP contribution in [0.25, 0.3) is 0 Å². The maximum Gasteiger partial charge on any atom is 0.251 e. The van der Waals surface area contributed by atoms with E-state index >= 15 is 0 Å². The Bertz CT molecular complexity index is 1040. The molecule has 2 aromatic rings. The zero-order valence-corrected chi connectivity index (χ0v) is 19.4.